The zero-order valence-corrected chi connectivity index (χ0v) is 10.4. The van der Waals surface area contributed by atoms with Gasteiger partial charge in [-0.1, -0.05) is 12.1 Å². The molecule has 0 bridgehead atoms. The Balaban J connectivity index is 1.76. The Labute approximate surface area is 111 Å². The van der Waals surface area contributed by atoms with Crippen LogP contribution in [0.4, 0.5) is 5.69 Å². The smallest absolute Gasteiger partial charge is 0.239 e. The van der Waals surface area contributed by atoms with Crippen molar-refractivity contribution in [3.63, 3.8) is 0 Å². The van der Waals surface area contributed by atoms with Crippen LogP contribution in [0.3, 0.4) is 0 Å². The van der Waals surface area contributed by atoms with Gasteiger partial charge in [-0.3, -0.25) is 4.79 Å². The van der Waals surface area contributed by atoms with E-state index in [4.69, 9.17) is 9.52 Å². The summed E-state index contributed by atoms with van der Waals surface area (Å²) in [4.78, 5) is 11.6. The number of anilines is 1. The van der Waals surface area contributed by atoms with E-state index in [0.29, 0.717) is 6.54 Å². The zero-order valence-electron chi connectivity index (χ0n) is 10.4. The van der Waals surface area contributed by atoms with E-state index >= 15 is 0 Å². The first kappa shape index (κ1) is 13.2. The van der Waals surface area contributed by atoms with Crippen molar-refractivity contribution in [1.29, 1.82) is 0 Å². The molecule has 1 heterocycles. The molecule has 19 heavy (non-hydrogen) atoms. The van der Waals surface area contributed by atoms with Crippen molar-refractivity contribution in [2.75, 3.05) is 11.9 Å². The summed E-state index contributed by atoms with van der Waals surface area (Å²) in [5.41, 5.74) is 1.61. The summed E-state index contributed by atoms with van der Waals surface area (Å²) >= 11 is 0. The summed E-state index contributed by atoms with van der Waals surface area (Å²) in [5.74, 6) is 0.599. The Morgan fingerprint density at radius 2 is 2.16 bits per heavy atom. The van der Waals surface area contributed by atoms with Gasteiger partial charge in [0.25, 0.3) is 0 Å². The lowest BCUT2D eigenvalue weighted by Crippen LogP contribution is -2.29. The van der Waals surface area contributed by atoms with Crippen molar-refractivity contribution >= 4 is 11.6 Å². The van der Waals surface area contributed by atoms with Crippen LogP contribution in [0.2, 0.25) is 0 Å². The number of hydrogen-bond acceptors (Lipinski definition) is 4. The molecule has 1 aromatic carbocycles. The molecule has 0 unspecified atom stereocenters. The van der Waals surface area contributed by atoms with Crippen molar-refractivity contribution < 1.29 is 14.3 Å². The number of furan rings is 1. The maximum absolute atomic E-state index is 11.6. The summed E-state index contributed by atoms with van der Waals surface area (Å²) in [6, 6.07) is 10.9. The summed E-state index contributed by atoms with van der Waals surface area (Å²) < 4.78 is 5.11. The fraction of sp³-hybridized carbons (Fsp3) is 0.214. The van der Waals surface area contributed by atoms with Crippen LogP contribution in [0.25, 0.3) is 0 Å². The summed E-state index contributed by atoms with van der Waals surface area (Å²) in [6.07, 6.45) is 1.57. The lowest BCUT2D eigenvalue weighted by Gasteiger charge is -2.07. The highest BCUT2D eigenvalue weighted by Gasteiger charge is 2.02. The maximum Gasteiger partial charge on any atom is 0.239 e. The third-order valence-electron chi connectivity index (χ3n) is 2.60. The molecule has 0 aliphatic rings. The lowest BCUT2D eigenvalue weighted by molar-refractivity contribution is -0.119. The van der Waals surface area contributed by atoms with Gasteiger partial charge in [0.2, 0.25) is 5.91 Å². The fourth-order valence-corrected chi connectivity index (χ4v) is 1.62. The predicted molar refractivity (Wildman–Crippen MR) is 71.4 cm³/mol. The quantitative estimate of drug-likeness (QED) is 0.736. The molecular weight excluding hydrogens is 244 g/mol. The van der Waals surface area contributed by atoms with Crippen molar-refractivity contribution in [3.8, 4) is 0 Å². The van der Waals surface area contributed by atoms with Crippen LogP contribution in [0.5, 0.6) is 0 Å². The Hall–Kier alpha value is -2.27. The average molecular weight is 260 g/mol. The average Bonchev–Trinajstić information content (AvgIpc) is 2.96. The van der Waals surface area contributed by atoms with Gasteiger partial charge >= 0.3 is 0 Å². The Morgan fingerprint density at radius 1 is 1.26 bits per heavy atom. The van der Waals surface area contributed by atoms with Crippen LogP contribution < -0.4 is 10.6 Å². The minimum absolute atomic E-state index is 0.0137. The summed E-state index contributed by atoms with van der Waals surface area (Å²) in [6.45, 7) is 0.542. The molecule has 0 fully saturated rings. The number of amides is 1. The highest BCUT2D eigenvalue weighted by Crippen LogP contribution is 2.09. The van der Waals surface area contributed by atoms with Gasteiger partial charge in [0.15, 0.2) is 0 Å². The molecule has 0 radical (unpaired) electrons. The zero-order chi connectivity index (χ0) is 13.5. The van der Waals surface area contributed by atoms with Crippen LogP contribution in [-0.2, 0) is 17.9 Å². The number of nitrogens with one attached hydrogen (secondary N) is 2. The number of carbonyl (C=O) groups excluding carboxylic acids is 1. The van der Waals surface area contributed by atoms with Gasteiger partial charge in [-0.05, 0) is 29.8 Å². The van der Waals surface area contributed by atoms with E-state index < -0.39 is 0 Å². The number of rotatable bonds is 6. The minimum Gasteiger partial charge on any atom is -0.467 e. The molecule has 100 valence electrons. The second-order valence-corrected chi connectivity index (χ2v) is 4.07. The first-order valence-electron chi connectivity index (χ1n) is 6.00. The molecular formula is C14H16N2O3. The fourth-order valence-electron chi connectivity index (χ4n) is 1.62. The second kappa shape index (κ2) is 6.61. The minimum atomic E-state index is -0.120. The van der Waals surface area contributed by atoms with Crippen molar-refractivity contribution in [3.05, 3.63) is 54.0 Å². The van der Waals surface area contributed by atoms with E-state index in [0.717, 1.165) is 17.0 Å². The van der Waals surface area contributed by atoms with Crippen LogP contribution in [-0.4, -0.2) is 17.6 Å². The third kappa shape index (κ3) is 4.15. The van der Waals surface area contributed by atoms with Crippen LogP contribution >= 0.6 is 0 Å². The summed E-state index contributed by atoms with van der Waals surface area (Å²) in [5, 5.41) is 14.7. The van der Waals surface area contributed by atoms with Gasteiger partial charge in [-0.25, -0.2) is 0 Å². The molecule has 5 heteroatoms. The molecule has 0 atom stereocenters. The molecule has 0 spiro atoms. The van der Waals surface area contributed by atoms with Crippen molar-refractivity contribution in [1.82, 2.24) is 5.32 Å². The second-order valence-electron chi connectivity index (χ2n) is 4.07. The van der Waals surface area contributed by atoms with Crippen LogP contribution in [0.1, 0.15) is 11.3 Å². The van der Waals surface area contributed by atoms with Gasteiger partial charge in [0, 0.05) is 5.69 Å². The predicted octanol–water partition coefficient (Wildman–Crippen LogP) is 1.50. The van der Waals surface area contributed by atoms with Crippen LogP contribution in [0.15, 0.2) is 47.1 Å². The highest BCUT2D eigenvalue weighted by atomic mass is 16.3. The summed E-state index contributed by atoms with van der Waals surface area (Å²) in [7, 11) is 0. The molecule has 5 nitrogen and oxygen atoms in total. The molecule has 2 aromatic rings. The topological polar surface area (TPSA) is 74.5 Å². The number of carbonyl (C=O) groups is 1. The molecule has 0 saturated carbocycles. The van der Waals surface area contributed by atoms with E-state index in [-0.39, 0.29) is 19.1 Å². The molecule has 3 N–H and O–H groups in total. The Kier molecular flexibility index (Phi) is 4.58. The van der Waals surface area contributed by atoms with Crippen molar-refractivity contribution in [2.45, 2.75) is 13.2 Å². The number of aliphatic hydroxyl groups excluding tert-OH is 1. The number of aliphatic hydroxyl groups is 1. The van der Waals surface area contributed by atoms with Gasteiger partial charge in [0.05, 0.1) is 26.0 Å². The number of hydrogen-bond donors (Lipinski definition) is 3. The standard InChI is InChI=1S/C14H16N2O3/c17-10-11-3-1-4-12(7-11)15-9-14(18)16-8-13-5-2-6-19-13/h1-7,15,17H,8-10H2,(H,16,18). The maximum atomic E-state index is 11.6. The van der Waals surface area contributed by atoms with E-state index in [1.807, 2.05) is 18.2 Å². The normalized spacial score (nSPS) is 10.2. The molecule has 0 saturated heterocycles. The van der Waals surface area contributed by atoms with E-state index in [9.17, 15) is 4.79 Å². The molecule has 1 aromatic heterocycles. The van der Waals surface area contributed by atoms with Crippen LogP contribution in [0, 0.1) is 0 Å². The number of benzene rings is 1. The first-order valence-corrected chi connectivity index (χ1v) is 6.00. The van der Waals surface area contributed by atoms with E-state index in [1.54, 1.807) is 24.5 Å². The van der Waals surface area contributed by atoms with Gasteiger partial charge in [-0.15, -0.1) is 0 Å². The largest absolute Gasteiger partial charge is 0.467 e. The monoisotopic (exact) mass is 260 g/mol. The first-order chi connectivity index (χ1) is 9.28. The van der Waals surface area contributed by atoms with Gasteiger partial charge in [-0.2, -0.15) is 0 Å². The van der Waals surface area contributed by atoms with Crippen molar-refractivity contribution in [2.24, 2.45) is 0 Å². The molecule has 2 rings (SSSR count). The van der Waals surface area contributed by atoms with E-state index in [2.05, 4.69) is 10.6 Å². The Bertz CT molecular complexity index is 523. The third-order valence-corrected chi connectivity index (χ3v) is 2.60. The molecule has 0 aliphatic carbocycles. The highest BCUT2D eigenvalue weighted by molar-refractivity contribution is 5.80. The van der Waals surface area contributed by atoms with E-state index in [1.165, 1.54) is 0 Å². The van der Waals surface area contributed by atoms with Gasteiger partial charge < -0.3 is 20.2 Å². The molecule has 1 amide bonds. The lowest BCUT2D eigenvalue weighted by atomic mass is 10.2. The SMILES string of the molecule is O=C(CNc1cccc(CO)c1)NCc1ccco1. The Morgan fingerprint density at radius 3 is 2.89 bits per heavy atom. The van der Waals surface area contributed by atoms with Gasteiger partial charge in [0.1, 0.15) is 5.76 Å². The molecule has 0 aliphatic heterocycles.